The Morgan fingerprint density at radius 3 is 0.677 bits per heavy atom. The minimum absolute atomic E-state index is 0.533. The van der Waals surface area contributed by atoms with Gasteiger partial charge in [0.2, 0.25) is 0 Å². The quantitative estimate of drug-likeness (QED) is 0.157. The van der Waals surface area contributed by atoms with Crippen molar-refractivity contribution < 1.29 is 47.4 Å². The summed E-state index contributed by atoms with van der Waals surface area (Å²) in [5.41, 5.74) is 0. The van der Waals surface area contributed by atoms with E-state index in [9.17, 15) is 0 Å². The summed E-state index contributed by atoms with van der Waals surface area (Å²) in [6.45, 7) is 12.7. The van der Waals surface area contributed by atoms with Gasteiger partial charge < -0.3 is 47.4 Å². The molecule has 0 aromatic rings. The molecule has 0 N–H and O–H groups in total. The van der Waals surface area contributed by atoms with Crippen molar-refractivity contribution in [2.24, 2.45) is 0 Å². The van der Waals surface area contributed by atoms with E-state index < -0.39 is 0 Å². The molecule has 0 rings (SSSR count). The van der Waals surface area contributed by atoms with Crippen molar-refractivity contribution in [3.05, 3.63) is 0 Å². The highest BCUT2D eigenvalue weighted by molar-refractivity contribution is 4.38. The first kappa shape index (κ1) is 30.6. The highest BCUT2D eigenvalue weighted by Gasteiger charge is 1.95. The van der Waals surface area contributed by atoms with Gasteiger partial charge in [-0.1, -0.05) is 0 Å². The van der Waals surface area contributed by atoms with E-state index in [1.165, 1.54) is 0 Å². The monoisotopic (exact) mass is 456 g/mol. The average Bonchev–Trinajstić information content (AvgIpc) is 2.78. The normalized spacial score (nSPS) is 11.4. The van der Waals surface area contributed by atoms with Gasteiger partial charge in [-0.25, -0.2) is 0 Å². The van der Waals surface area contributed by atoms with E-state index in [1.807, 2.05) is 6.92 Å². The zero-order chi connectivity index (χ0) is 22.5. The molecule has 0 atom stereocenters. The van der Waals surface area contributed by atoms with Crippen LogP contribution in [0.1, 0.15) is 6.92 Å². The lowest BCUT2D eigenvalue weighted by molar-refractivity contribution is -0.0257. The fraction of sp³-hybridized carbons (Fsp3) is 1.00. The summed E-state index contributed by atoms with van der Waals surface area (Å²) >= 11 is 0. The van der Waals surface area contributed by atoms with Crippen LogP contribution in [0.4, 0.5) is 0 Å². The van der Waals surface area contributed by atoms with E-state index in [-0.39, 0.29) is 0 Å². The molecule has 188 valence electrons. The number of rotatable bonds is 28. The van der Waals surface area contributed by atoms with Crippen LogP contribution in [0.15, 0.2) is 0 Å². The van der Waals surface area contributed by atoms with Crippen molar-refractivity contribution in [1.29, 1.82) is 0 Å². The summed E-state index contributed by atoms with van der Waals surface area (Å²) in [5, 5.41) is 0. The van der Waals surface area contributed by atoms with Crippen LogP contribution in [-0.2, 0) is 47.4 Å². The highest BCUT2D eigenvalue weighted by atomic mass is 16.6. The van der Waals surface area contributed by atoms with E-state index in [0.29, 0.717) is 126 Å². The topological polar surface area (TPSA) is 92.3 Å². The molecular formula is C21H44O10. The van der Waals surface area contributed by atoms with Crippen LogP contribution < -0.4 is 0 Å². The van der Waals surface area contributed by atoms with Crippen molar-refractivity contribution in [2.45, 2.75) is 6.92 Å². The van der Waals surface area contributed by atoms with Gasteiger partial charge in [-0.2, -0.15) is 0 Å². The summed E-state index contributed by atoms with van der Waals surface area (Å²) in [5.74, 6) is 0. The molecule has 0 aromatic heterocycles. The van der Waals surface area contributed by atoms with Crippen LogP contribution in [-0.4, -0.2) is 133 Å². The average molecular weight is 457 g/mol. The molecule has 0 aromatic carbocycles. The van der Waals surface area contributed by atoms with Crippen LogP contribution in [0.25, 0.3) is 0 Å². The molecule has 0 bridgehead atoms. The van der Waals surface area contributed by atoms with Gasteiger partial charge in [0.25, 0.3) is 0 Å². The lowest BCUT2D eigenvalue weighted by atomic mass is 10.6. The van der Waals surface area contributed by atoms with Crippen LogP contribution >= 0.6 is 0 Å². The van der Waals surface area contributed by atoms with Crippen molar-refractivity contribution in [3.8, 4) is 0 Å². The molecule has 0 heterocycles. The summed E-state index contributed by atoms with van der Waals surface area (Å²) < 4.78 is 53.1. The van der Waals surface area contributed by atoms with E-state index in [1.54, 1.807) is 7.11 Å². The lowest BCUT2D eigenvalue weighted by Gasteiger charge is -2.08. The summed E-state index contributed by atoms with van der Waals surface area (Å²) in [4.78, 5) is 0. The molecular weight excluding hydrogens is 412 g/mol. The largest absolute Gasteiger partial charge is 0.382 e. The molecule has 0 radical (unpaired) electrons. The Balaban J connectivity index is 2.98. The molecule has 0 amide bonds. The number of ether oxygens (including phenoxy) is 10. The van der Waals surface area contributed by atoms with Gasteiger partial charge in [0.1, 0.15) is 0 Å². The molecule has 0 saturated carbocycles. The second-order valence-electron chi connectivity index (χ2n) is 6.09. The molecule has 0 aliphatic carbocycles. The molecule has 10 heteroatoms. The smallest absolute Gasteiger partial charge is 0.0701 e. The van der Waals surface area contributed by atoms with Gasteiger partial charge in [0.15, 0.2) is 0 Å². The minimum Gasteiger partial charge on any atom is -0.382 e. The number of hydrogen-bond donors (Lipinski definition) is 0. The van der Waals surface area contributed by atoms with Crippen LogP contribution in [0.3, 0.4) is 0 Å². The Kier molecular flexibility index (Phi) is 29.2. The Hall–Kier alpha value is -0.400. The van der Waals surface area contributed by atoms with Crippen molar-refractivity contribution in [1.82, 2.24) is 0 Å². The van der Waals surface area contributed by atoms with Crippen molar-refractivity contribution in [2.75, 3.05) is 133 Å². The fourth-order valence-electron chi connectivity index (χ4n) is 2.05. The zero-order valence-electron chi connectivity index (χ0n) is 19.5. The lowest BCUT2D eigenvalue weighted by Crippen LogP contribution is -2.15. The molecule has 31 heavy (non-hydrogen) atoms. The van der Waals surface area contributed by atoms with Crippen molar-refractivity contribution in [3.63, 3.8) is 0 Å². The second-order valence-corrected chi connectivity index (χ2v) is 6.09. The first-order valence-electron chi connectivity index (χ1n) is 11.1. The maximum Gasteiger partial charge on any atom is 0.0701 e. The third-order valence-corrected chi connectivity index (χ3v) is 3.61. The summed E-state index contributed by atoms with van der Waals surface area (Å²) in [7, 11) is 1.65. The Labute approximate surface area is 187 Å². The second kappa shape index (κ2) is 29.6. The zero-order valence-corrected chi connectivity index (χ0v) is 19.5. The van der Waals surface area contributed by atoms with Crippen LogP contribution in [0.2, 0.25) is 0 Å². The van der Waals surface area contributed by atoms with Gasteiger partial charge in [-0.15, -0.1) is 0 Å². The highest BCUT2D eigenvalue weighted by Crippen LogP contribution is 1.86. The van der Waals surface area contributed by atoms with Crippen LogP contribution in [0.5, 0.6) is 0 Å². The first-order valence-corrected chi connectivity index (χ1v) is 11.1. The molecule has 0 aliphatic rings. The Morgan fingerprint density at radius 1 is 0.290 bits per heavy atom. The standard InChI is InChI=1S/C21H44O10/c1-3-23-6-7-25-10-11-27-14-15-29-18-19-31-21-20-30-17-16-28-13-12-26-9-8-24-5-4-22-2/h3-21H2,1-2H3. The molecule has 10 nitrogen and oxygen atoms in total. The third kappa shape index (κ3) is 29.6. The number of hydrogen-bond acceptors (Lipinski definition) is 10. The predicted molar refractivity (Wildman–Crippen MR) is 115 cm³/mol. The first-order chi connectivity index (χ1) is 15.4. The number of methoxy groups -OCH3 is 1. The van der Waals surface area contributed by atoms with Gasteiger partial charge in [0.05, 0.1) is 119 Å². The molecule has 0 saturated heterocycles. The SMILES string of the molecule is CCOCCOCCOCCOCCOCCOCCOCCOCCOCCOC. The van der Waals surface area contributed by atoms with Gasteiger partial charge >= 0.3 is 0 Å². The maximum atomic E-state index is 5.43. The summed E-state index contributed by atoms with van der Waals surface area (Å²) in [6.07, 6.45) is 0. The van der Waals surface area contributed by atoms with Crippen molar-refractivity contribution >= 4 is 0 Å². The predicted octanol–water partition coefficient (Wildman–Crippen LogP) is 0.802. The molecule has 0 fully saturated rings. The molecule has 0 unspecified atom stereocenters. The van der Waals surface area contributed by atoms with E-state index in [0.717, 1.165) is 0 Å². The molecule has 0 spiro atoms. The minimum atomic E-state index is 0.533. The Bertz CT molecular complexity index is 282. The molecule has 0 aliphatic heterocycles. The van der Waals surface area contributed by atoms with Gasteiger partial charge in [-0.05, 0) is 6.92 Å². The van der Waals surface area contributed by atoms with Gasteiger partial charge in [0, 0.05) is 13.7 Å². The maximum absolute atomic E-state index is 5.43. The third-order valence-electron chi connectivity index (χ3n) is 3.61. The van der Waals surface area contributed by atoms with Crippen LogP contribution in [0, 0.1) is 0 Å². The van der Waals surface area contributed by atoms with E-state index in [2.05, 4.69) is 0 Å². The fourth-order valence-corrected chi connectivity index (χ4v) is 2.05. The van der Waals surface area contributed by atoms with E-state index >= 15 is 0 Å². The summed E-state index contributed by atoms with van der Waals surface area (Å²) in [6, 6.07) is 0. The Morgan fingerprint density at radius 2 is 0.484 bits per heavy atom. The van der Waals surface area contributed by atoms with E-state index in [4.69, 9.17) is 47.4 Å². The van der Waals surface area contributed by atoms with Gasteiger partial charge in [-0.3, -0.25) is 0 Å².